The molecule has 2 nitrogen and oxygen atoms in total. The molecular formula is C59H47NO. The lowest BCUT2D eigenvalue weighted by Gasteiger charge is -2.30. The predicted molar refractivity (Wildman–Crippen MR) is 258 cm³/mol. The molecule has 0 saturated heterocycles. The molecule has 0 aliphatic heterocycles. The monoisotopic (exact) mass is 785 g/mol. The second-order valence-corrected chi connectivity index (χ2v) is 18.1. The Hall–Kier alpha value is -7.16. The average Bonchev–Trinajstić information content (AvgIpc) is 3.78. The normalized spacial score (nSPS) is 13.1. The van der Waals surface area contributed by atoms with Gasteiger partial charge in [-0.25, -0.2) is 0 Å². The molecule has 1 heterocycles. The van der Waals surface area contributed by atoms with Crippen molar-refractivity contribution in [2.75, 3.05) is 4.90 Å². The van der Waals surface area contributed by atoms with E-state index in [1.165, 1.54) is 66.4 Å². The molecule has 1 aliphatic rings. The molecule has 10 aromatic rings. The van der Waals surface area contributed by atoms with Crippen molar-refractivity contribution in [2.45, 2.75) is 45.4 Å². The summed E-state index contributed by atoms with van der Waals surface area (Å²) in [6, 6.07) is 71.3. The highest BCUT2D eigenvalue weighted by Crippen LogP contribution is 2.52. The van der Waals surface area contributed by atoms with Crippen LogP contribution in [0.3, 0.4) is 0 Å². The molecule has 0 saturated carbocycles. The zero-order valence-electron chi connectivity index (χ0n) is 35.3. The third-order valence-corrected chi connectivity index (χ3v) is 13.1. The Labute approximate surface area is 358 Å². The lowest BCUT2D eigenvalue weighted by atomic mass is 9.82. The highest BCUT2D eigenvalue weighted by Gasteiger charge is 2.36. The first kappa shape index (κ1) is 36.9. The molecule has 0 atom stereocenters. The first-order chi connectivity index (χ1) is 29.6. The molecule has 0 bridgehead atoms. The van der Waals surface area contributed by atoms with Gasteiger partial charge in [0.25, 0.3) is 0 Å². The summed E-state index contributed by atoms with van der Waals surface area (Å²) in [5.74, 6) is 0. The number of fused-ring (bicyclic) bond motifs is 7. The van der Waals surface area contributed by atoms with Gasteiger partial charge in [-0.2, -0.15) is 0 Å². The van der Waals surface area contributed by atoms with E-state index in [0.29, 0.717) is 0 Å². The lowest BCUT2D eigenvalue weighted by Crippen LogP contribution is -2.15. The second kappa shape index (κ2) is 14.0. The number of para-hydroxylation sites is 1. The van der Waals surface area contributed by atoms with E-state index in [-0.39, 0.29) is 10.8 Å². The van der Waals surface area contributed by atoms with Crippen LogP contribution >= 0.6 is 0 Å². The molecule has 0 spiro atoms. The van der Waals surface area contributed by atoms with E-state index < -0.39 is 0 Å². The Morgan fingerprint density at radius 3 is 1.72 bits per heavy atom. The van der Waals surface area contributed by atoms with Gasteiger partial charge in [0.1, 0.15) is 11.2 Å². The van der Waals surface area contributed by atoms with Crippen molar-refractivity contribution in [2.24, 2.45) is 0 Å². The maximum atomic E-state index is 6.49. The third-order valence-electron chi connectivity index (χ3n) is 13.1. The summed E-state index contributed by atoms with van der Waals surface area (Å²) < 4.78 is 6.49. The zero-order chi connectivity index (χ0) is 41.5. The van der Waals surface area contributed by atoms with Crippen molar-refractivity contribution < 1.29 is 4.42 Å². The topological polar surface area (TPSA) is 16.4 Å². The van der Waals surface area contributed by atoms with Gasteiger partial charge in [0, 0.05) is 33.1 Å². The van der Waals surface area contributed by atoms with E-state index in [0.717, 1.165) is 44.6 Å². The van der Waals surface area contributed by atoms with Crippen LogP contribution in [-0.4, -0.2) is 0 Å². The number of hydrogen-bond donors (Lipinski definition) is 0. The minimum Gasteiger partial charge on any atom is -0.456 e. The molecule has 9 aromatic carbocycles. The molecule has 294 valence electrons. The van der Waals surface area contributed by atoms with Crippen LogP contribution in [0, 0.1) is 0 Å². The maximum Gasteiger partial charge on any atom is 0.136 e. The molecule has 0 fully saturated rings. The average molecular weight is 786 g/mol. The number of rotatable bonds is 6. The van der Waals surface area contributed by atoms with Crippen molar-refractivity contribution in [3.63, 3.8) is 0 Å². The molecule has 0 amide bonds. The maximum absolute atomic E-state index is 6.49. The number of anilines is 3. The van der Waals surface area contributed by atoms with Crippen LogP contribution in [0.2, 0.25) is 0 Å². The van der Waals surface area contributed by atoms with Crippen LogP contribution in [0.4, 0.5) is 17.1 Å². The molecule has 0 radical (unpaired) electrons. The van der Waals surface area contributed by atoms with Gasteiger partial charge in [-0.15, -0.1) is 0 Å². The minimum absolute atomic E-state index is 0.0888. The Morgan fingerprint density at radius 2 is 1.00 bits per heavy atom. The summed E-state index contributed by atoms with van der Waals surface area (Å²) in [6.45, 7) is 11.5. The van der Waals surface area contributed by atoms with Crippen molar-refractivity contribution in [3.8, 4) is 44.5 Å². The number of hydrogen-bond acceptors (Lipinski definition) is 2. The molecular weight excluding hydrogens is 739 g/mol. The van der Waals surface area contributed by atoms with E-state index in [1.54, 1.807) is 0 Å². The first-order valence-electron chi connectivity index (χ1n) is 21.4. The van der Waals surface area contributed by atoms with Crippen LogP contribution < -0.4 is 4.90 Å². The fourth-order valence-corrected chi connectivity index (χ4v) is 9.81. The summed E-state index contributed by atoms with van der Waals surface area (Å²) in [4.78, 5) is 2.46. The van der Waals surface area contributed by atoms with Crippen LogP contribution in [0.15, 0.2) is 199 Å². The molecule has 1 aromatic heterocycles. The second-order valence-electron chi connectivity index (χ2n) is 18.1. The van der Waals surface area contributed by atoms with Crippen LogP contribution in [-0.2, 0) is 10.8 Å². The Bertz CT molecular complexity index is 3290. The number of nitrogens with zero attached hydrogens (tertiary/aromatic N) is 1. The Balaban J connectivity index is 1.08. The number of furan rings is 1. The van der Waals surface area contributed by atoms with E-state index in [1.807, 2.05) is 6.07 Å². The predicted octanol–water partition coefficient (Wildman–Crippen LogP) is 16.8. The Kier molecular flexibility index (Phi) is 8.44. The largest absolute Gasteiger partial charge is 0.456 e. The van der Waals surface area contributed by atoms with Crippen LogP contribution in [0.25, 0.3) is 77.2 Å². The van der Waals surface area contributed by atoms with Gasteiger partial charge in [-0.05, 0) is 114 Å². The first-order valence-corrected chi connectivity index (χ1v) is 21.4. The fraction of sp³-hybridized carbons (Fsp3) is 0.119. The van der Waals surface area contributed by atoms with Crippen molar-refractivity contribution in [1.82, 2.24) is 0 Å². The van der Waals surface area contributed by atoms with Gasteiger partial charge < -0.3 is 9.32 Å². The van der Waals surface area contributed by atoms with Crippen LogP contribution in [0.5, 0.6) is 0 Å². The smallest absolute Gasteiger partial charge is 0.136 e. The highest BCUT2D eigenvalue weighted by molar-refractivity contribution is 6.18. The standard InChI is InChI=1S/C59H47NO/c1-58(2,3)43-30-25-40(26-31-43)38-21-23-39(24-22-38)41-27-32-44(33-28-41)60(45-34-35-52-50(37-45)47-15-8-10-18-51(47)59(52,4)5)53-36-29-42-13-6-7-14-46(42)56(53)49-17-12-20-55-57(49)48-16-9-11-19-54(48)61-55/h6-37H,1-5H3. The summed E-state index contributed by atoms with van der Waals surface area (Å²) >= 11 is 0. The van der Waals surface area contributed by atoms with Gasteiger partial charge in [0.05, 0.1) is 5.69 Å². The van der Waals surface area contributed by atoms with Gasteiger partial charge >= 0.3 is 0 Å². The third kappa shape index (κ3) is 6.08. The molecule has 0 N–H and O–H groups in total. The molecule has 2 heteroatoms. The summed E-state index contributed by atoms with van der Waals surface area (Å²) in [5, 5.41) is 4.64. The lowest BCUT2D eigenvalue weighted by molar-refractivity contribution is 0.590. The molecule has 11 rings (SSSR count). The van der Waals surface area contributed by atoms with Crippen molar-refractivity contribution >= 4 is 49.8 Å². The van der Waals surface area contributed by atoms with Gasteiger partial charge in [-0.3, -0.25) is 0 Å². The van der Waals surface area contributed by atoms with Gasteiger partial charge in [-0.1, -0.05) is 186 Å². The quantitative estimate of drug-likeness (QED) is 0.167. The van der Waals surface area contributed by atoms with Crippen molar-refractivity contribution in [1.29, 1.82) is 0 Å². The number of benzene rings is 9. The molecule has 1 aliphatic carbocycles. The summed E-state index contributed by atoms with van der Waals surface area (Å²) in [7, 11) is 0. The van der Waals surface area contributed by atoms with Crippen molar-refractivity contribution in [3.05, 3.63) is 211 Å². The molecule has 0 unspecified atom stereocenters. The Morgan fingerprint density at radius 1 is 0.443 bits per heavy atom. The van der Waals surface area contributed by atoms with Crippen LogP contribution in [0.1, 0.15) is 51.3 Å². The minimum atomic E-state index is -0.0888. The highest BCUT2D eigenvalue weighted by atomic mass is 16.3. The van der Waals surface area contributed by atoms with E-state index >= 15 is 0 Å². The van der Waals surface area contributed by atoms with E-state index in [9.17, 15) is 0 Å². The van der Waals surface area contributed by atoms with E-state index in [4.69, 9.17) is 4.42 Å². The van der Waals surface area contributed by atoms with E-state index in [2.05, 4.69) is 228 Å². The van der Waals surface area contributed by atoms with Gasteiger partial charge in [0.2, 0.25) is 0 Å². The zero-order valence-corrected chi connectivity index (χ0v) is 35.3. The van der Waals surface area contributed by atoms with Gasteiger partial charge in [0.15, 0.2) is 0 Å². The molecule has 61 heavy (non-hydrogen) atoms. The fourth-order valence-electron chi connectivity index (χ4n) is 9.81. The summed E-state index contributed by atoms with van der Waals surface area (Å²) in [6.07, 6.45) is 0. The SMILES string of the molecule is CC(C)(C)c1ccc(-c2ccc(-c3ccc(N(c4ccc5c(c4)-c4ccccc4C5(C)C)c4ccc5ccccc5c4-c4cccc5oc6ccccc6c45)cc3)cc2)cc1. The summed E-state index contributed by atoms with van der Waals surface area (Å²) in [5.41, 5.74) is 18.9.